The molecule has 0 bridgehead atoms. The van der Waals surface area contributed by atoms with E-state index in [1.54, 1.807) is 0 Å². The molecule has 1 heterocycles. The summed E-state index contributed by atoms with van der Waals surface area (Å²) in [6.45, 7) is 4.15. The number of piperazine rings is 1. The second-order valence-corrected chi connectivity index (χ2v) is 5.20. The summed E-state index contributed by atoms with van der Waals surface area (Å²) in [5.74, 6) is -1.36. The fraction of sp³-hybridized carbons (Fsp3) is 0.625. The van der Waals surface area contributed by atoms with Crippen molar-refractivity contribution in [3.8, 4) is 0 Å². The first-order valence-electron chi connectivity index (χ1n) is 4.53. The number of hydrogen-bond acceptors (Lipinski definition) is 4. The lowest BCUT2D eigenvalue weighted by Gasteiger charge is -2.32. The molecule has 1 aliphatic rings. The van der Waals surface area contributed by atoms with Crippen LogP contribution in [0.5, 0.6) is 0 Å². The van der Waals surface area contributed by atoms with Crippen molar-refractivity contribution in [1.82, 2.24) is 9.62 Å². The molecule has 0 saturated carbocycles. The molecule has 0 aromatic rings. The number of carboxylic acid groups (broad SMARTS) is 1. The van der Waals surface area contributed by atoms with E-state index in [-0.39, 0.29) is 18.8 Å². The van der Waals surface area contributed by atoms with E-state index in [4.69, 9.17) is 5.11 Å². The van der Waals surface area contributed by atoms with Crippen molar-refractivity contribution < 1.29 is 18.3 Å². The van der Waals surface area contributed by atoms with Crippen LogP contribution in [0.25, 0.3) is 0 Å². The Bertz CT molecular complexity index is 352. The number of hydrogen-bond donors (Lipinski definition) is 2. The van der Waals surface area contributed by atoms with E-state index in [0.717, 1.165) is 4.31 Å². The van der Waals surface area contributed by atoms with Crippen LogP contribution in [0.1, 0.15) is 0 Å². The van der Waals surface area contributed by atoms with Crippen LogP contribution in [0.15, 0.2) is 12.7 Å². The minimum atomic E-state index is -3.53. The Labute approximate surface area is 88.6 Å². The third-order valence-electron chi connectivity index (χ3n) is 2.17. The highest BCUT2D eigenvalue weighted by Crippen LogP contribution is 2.10. The zero-order chi connectivity index (χ0) is 11.5. The van der Waals surface area contributed by atoms with Crippen LogP contribution in [-0.4, -0.2) is 55.2 Å². The summed E-state index contributed by atoms with van der Waals surface area (Å²) in [7, 11) is -3.53. The first-order valence-corrected chi connectivity index (χ1v) is 6.14. The molecule has 15 heavy (non-hydrogen) atoms. The second kappa shape index (κ2) is 4.73. The zero-order valence-electron chi connectivity index (χ0n) is 8.22. The van der Waals surface area contributed by atoms with Gasteiger partial charge in [-0.2, -0.15) is 4.31 Å². The molecule has 86 valence electrons. The molecule has 7 heteroatoms. The van der Waals surface area contributed by atoms with Gasteiger partial charge >= 0.3 is 5.97 Å². The molecule has 1 saturated heterocycles. The number of carboxylic acids is 1. The maximum atomic E-state index is 11.7. The fourth-order valence-electron chi connectivity index (χ4n) is 1.47. The summed E-state index contributed by atoms with van der Waals surface area (Å²) in [4.78, 5) is 10.8. The van der Waals surface area contributed by atoms with Gasteiger partial charge in [-0.25, -0.2) is 8.42 Å². The summed E-state index contributed by atoms with van der Waals surface area (Å²) in [6, 6.07) is -1.01. The van der Waals surface area contributed by atoms with Gasteiger partial charge in [0.25, 0.3) is 0 Å². The van der Waals surface area contributed by atoms with Crippen molar-refractivity contribution in [2.24, 2.45) is 0 Å². The number of aliphatic carboxylic acids is 1. The van der Waals surface area contributed by atoms with Gasteiger partial charge in [-0.1, -0.05) is 6.08 Å². The van der Waals surface area contributed by atoms with E-state index in [1.165, 1.54) is 6.08 Å². The van der Waals surface area contributed by atoms with E-state index in [2.05, 4.69) is 11.9 Å². The van der Waals surface area contributed by atoms with Crippen molar-refractivity contribution in [1.29, 1.82) is 0 Å². The highest BCUT2D eigenvalue weighted by atomic mass is 32.2. The Morgan fingerprint density at radius 1 is 1.67 bits per heavy atom. The maximum Gasteiger partial charge on any atom is 0.323 e. The Morgan fingerprint density at radius 3 is 2.87 bits per heavy atom. The van der Waals surface area contributed by atoms with Gasteiger partial charge in [-0.15, -0.1) is 6.58 Å². The van der Waals surface area contributed by atoms with Gasteiger partial charge < -0.3 is 10.4 Å². The number of nitrogens with one attached hydrogen (secondary N) is 1. The lowest BCUT2D eigenvalue weighted by molar-refractivity contribution is -0.141. The quantitative estimate of drug-likeness (QED) is 0.600. The third kappa shape index (κ3) is 2.77. The van der Waals surface area contributed by atoms with Crippen LogP contribution in [0, 0.1) is 0 Å². The van der Waals surface area contributed by atoms with Crippen LogP contribution < -0.4 is 5.32 Å². The van der Waals surface area contributed by atoms with E-state index in [1.807, 2.05) is 0 Å². The number of sulfonamides is 1. The normalized spacial score (nSPS) is 23.6. The minimum absolute atomic E-state index is 0.145. The molecular formula is C8H14N2O4S. The van der Waals surface area contributed by atoms with Crippen LogP contribution >= 0.6 is 0 Å². The van der Waals surface area contributed by atoms with Gasteiger partial charge in [0.05, 0.1) is 5.75 Å². The summed E-state index contributed by atoms with van der Waals surface area (Å²) in [5, 5.41) is 11.7. The molecule has 0 radical (unpaired) electrons. The molecule has 0 aliphatic carbocycles. The lowest BCUT2D eigenvalue weighted by atomic mass is 10.2. The SMILES string of the molecule is C=CCS(=O)(=O)N1CCNCC1C(=O)O. The predicted molar refractivity (Wildman–Crippen MR) is 55.0 cm³/mol. The molecule has 0 aromatic carbocycles. The van der Waals surface area contributed by atoms with E-state index in [0.29, 0.717) is 6.54 Å². The summed E-state index contributed by atoms with van der Waals surface area (Å²) in [6.07, 6.45) is 1.26. The number of carbonyl (C=O) groups is 1. The largest absolute Gasteiger partial charge is 0.480 e. The molecule has 2 N–H and O–H groups in total. The van der Waals surface area contributed by atoms with Gasteiger partial charge in [-0.3, -0.25) is 4.79 Å². The number of rotatable bonds is 4. The Hall–Kier alpha value is -0.920. The highest BCUT2D eigenvalue weighted by molar-refractivity contribution is 7.89. The minimum Gasteiger partial charge on any atom is -0.480 e. The fourth-order valence-corrected chi connectivity index (χ4v) is 2.89. The standard InChI is InChI=1S/C8H14N2O4S/c1-2-5-15(13,14)10-4-3-9-6-7(10)8(11)12/h2,7,9H,1,3-6H2,(H,11,12). The van der Waals surface area contributed by atoms with E-state index >= 15 is 0 Å². The number of nitrogens with zero attached hydrogens (tertiary/aromatic N) is 1. The van der Waals surface area contributed by atoms with Gasteiger partial charge in [0, 0.05) is 19.6 Å². The molecule has 0 aromatic heterocycles. The summed E-state index contributed by atoms with van der Waals surface area (Å²) >= 11 is 0. The first-order chi connectivity index (χ1) is 6.99. The van der Waals surface area contributed by atoms with Crippen molar-refractivity contribution in [2.45, 2.75) is 6.04 Å². The van der Waals surface area contributed by atoms with Gasteiger partial charge in [0.15, 0.2) is 0 Å². The van der Waals surface area contributed by atoms with Crippen LogP contribution in [0.4, 0.5) is 0 Å². The van der Waals surface area contributed by atoms with Gasteiger partial charge in [0.1, 0.15) is 6.04 Å². The molecule has 0 spiro atoms. The van der Waals surface area contributed by atoms with E-state index in [9.17, 15) is 13.2 Å². The van der Waals surface area contributed by atoms with Crippen LogP contribution in [0.3, 0.4) is 0 Å². The Kier molecular flexibility index (Phi) is 3.83. The smallest absolute Gasteiger partial charge is 0.323 e. The second-order valence-electron chi connectivity index (χ2n) is 3.24. The predicted octanol–water partition coefficient (Wildman–Crippen LogP) is -1.14. The first kappa shape index (κ1) is 12.2. The Balaban J connectivity index is 2.89. The molecule has 1 rings (SSSR count). The van der Waals surface area contributed by atoms with Crippen molar-refractivity contribution in [3.63, 3.8) is 0 Å². The zero-order valence-corrected chi connectivity index (χ0v) is 9.03. The van der Waals surface area contributed by atoms with Crippen molar-refractivity contribution >= 4 is 16.0 Å². The topological polar surface area (TPSA) is 86.7 Å². The Morgan fingerprint density at radius 2 is 2.33 bits per heavy atom. The summed E-state index contributed by atoms with van der Waals surface area (Å²) < 4.78 is 24.3. The lowest BCUT2D eigenvalue weighted by Crippen LogP contribution is -2.57. The molecular weight excluding hydrogens is 220 g/mol. The highest BCUT2D eigenvalue weighted by Gasteiger charge is 2.35. The van der Waals surface area contributed by atoms with Crippen LogP contribution in [-0.2, 0) is 14.8 Å². The molecule has 1 atom stereocenters. The molecule has 0 amide bonds. The molecule has 1 unspecified atom stereocenters. The monoisotopic (exact) mass is 234 g/mol. The molecule has 6 nitrogen and oxygen atoms in total. The average Bonchev–Trinajstić information content (AvgIpc) is 2.17. The summed E-state index contributed by atoms with van der Waals surface area (Å²) in [5.41, 5.74) is 0. The molecule has 1 fully saturated rings. The van der Waals surface area contributed by atoms with E-state index < -0.39 is 22.0 Å². The van der Waals surface area contributed by atoms with Gasteiger partial charge in [-0.05, 0) is 0 Å². The van der Waals surface area contributed by atoms with Crippen molar-refractivity contribution in [2.75, 3.05) is 25.4 Å². The van der Waals surface area contributed by atoms with Gasteiger partial charge in [0.2, 0.25) is 10.0 Å². The average molecular weight is 234 g/mol. The third-order valence-corrected chi connectivity index (χ3v) is 3.97. The van der Waals surface area contributed by atoms with Crippen LogP contribution in [0.2, 0.25) is 0 Å². The van der Waals surface area contributed by atoms with Crippen molar-refractivity contribution in [3.05, 3.63) is 12.7 Å². The molecule has 1 aliphatic heterocycles. The maximum absolute atomic E-state index is 11.7.